The molecule has 0 unspecified atom stereocenters. The van der Waals surface area contributed by atoms with Crippen molar-refractivity contribution in [1.29, 1.82) is 0 Å². The van der Waals surface area contributed by atoms with Crippen LogP contribution in [0.3, 0.4) is 0 Å². The van der Waals surface area contributed by atoms with Gasteiger partial charge in [-0.3, -0.25) is 0 Å². The monoisotopic (exact) mass is 305 g/mol. The molecule has 6 heteroatoms. The summed E-state index contributed by atoms with van der Waals surface area (Å²) in [4.78, 5) is 0.265. The zero-order chi connectivity index (χ0) is 14.9. The Morgan fingerprint density at radius 3 is 2.48 bits per heavy atom. The SMILES string of the molecule is CC1CCN(S(=O)(=O)c2cnn(-c3ccccc3)c2)CC1. The number of hydrogen-bond donors (Lipinski definition) is 0. The third-order valence-corrected chi connectivity index (χ3v) is 5.81. The standard InChI is InChI=1S/C15H19N3O2S/c1-13-7-9-17(10-8-13)21(19,20)15-11-16-18(12-15)14-5-3-2-4-6-14/h2-6,11-13H,7-10H2,1H3. The van der Waals surface area contributed by atoms with Crippen LogP contribution in [0.5, 0.6) is 0 Å². The van der Waals surface area contributed by atoms with Crippen LogP contribution in [-0.4, -0.2) is 35.6 Å². The van der Waals surface area contributed by atoms with E-state index in [2.05, 4.69) is 12.0 Å². The average molecular weight is 305 g/mol. The molecule has 1 aromatic carbocycles. The molecule has 0 spiro atoms. The molecule has 1 saturated heterocycles. The predicted molar refractivity (Wildman–Crippen MR) is 80.7 cm³/mol. The first-order chi connectivity index (χ1) is 10.1. The lowest BCUT2D eigenvalue weighted by atomic mass is 10.0. The normalized spacial score (nSPS) is 18.0. The Balaban J connectivity index is 1.85. The van der Waals surface area contributed by atoms with Gasteiger partial charge in [0.2, 0.25) is 10.0 Å². The van der Waals surface area contributed by atoms with Crippen LogP contribution in [0.4, 0.5) is 0 Å². The third-order valence-electron chi connectivity index (χ3n) is 3.96. The maximum Gasteiger partial charge on any atom is 0.246 e. The molecule has 0 N–H and O–H groups in total. The number of piperidine rings is 1. The molecule has 1 fully saturated rings. The van der Waals surface area contributed by atoms with E-state index in [1.165, 1.54) is 6.20 Å². The summed E-state index contributed by atoms with van der Waals surface area (Å²) in [6, 6.07) is 9.51. The molecule has 2 aromatic rings. The van der Waals surface area contributed by atoms with Crippen LogP contribution >= 0.6 is 0 Å². The minimum Gasteiger partial charge on any atom is -0.240 e. The van der Waals surface area contributed by atoms with E-state index >= 15 is 0 Å². The predicted octanol–water partition coefficient (Wildman–Crippen LogP) is 2.29. The Morgan fingerprint density at radius 2 is 1.81 bits per heavy atom. The summed E-state index contributed by atoms with van der Waals surface area (Å²) in [5.74, 6) is 0.600. The van der Waals surface area contributed by atoms with E-state index in [4.69, 9.17) is 0 Å². The quantitative estimate of drug-likeness (QED) is 0.874. The van der Waals surface area contributed by atoms with Crippen LogP contribution in [0.15, 0.2) is 47.6 Å². The van der Waals surface area contributed by atoms with Gasteiger partial charge in [-0.25, -0.2) is 13.1 Å². The van der Waals surface area contributed by atoms with Crippen LogP contribution in [0.1, 0.15) is 19.8 Å². The lowest BCUT2D eigenvalue weighted by Crippen LogP contribution is -2.37. The van der Waals surface area contributed by atoms with E-state index in [9.17, 15) is 8.42 Å². The van der Waals surface area contributed by atoms with Crippen molar-refractivity contribution < 1.29 is 8.42 Å². The summed E-state index contributed by atoms with van der Waals surface area (Å²) in [6.45, 7) is 3.36. The van der Waals surface area contributed by atoms with Crippen molar-refractivity contribution in [1.82, 2.24) is 14.1 Å². The van der Waals surface area contributed by atoms with E-state index in [-0.39, 0.29) is 4.90 Å². The molecule has 1 aliphatic heterocycles. The summed E-state index contributed by atoms with van der Waals surface area (Å²) in [7, 11) is -3.42. The van der Waals surface area contributed by atoms with E-state index < -0.39 is 10.0 Å². The fourth-order valence-corrected chi connectivity index (χ4v) is 3.94. The zero-order valence-electron chi connectivity index (χ0n) is 12.0. The van der Waals surface area contributed by atoms with Gasteiger partial charge in [-0.2, -0.15) is 9.40 Å². The highest BCUT2D eigenvalue weighted by Gasteiger charge is 2.29. The maximum atomic E-state index is 12.6. The van der Waals surface area contributed by atoms with Crippen LogP contribution in [0.2, 0.25) is 0 Å². The first-order valence-corrected chi connectivity index (χ1v) is 8.61. The summed E-state index contributed by atoms with van der Waals surface area (Å²) in [5.41, 5.74) is 0.853. The molecule has 2 heterocycles. The van der Waals surface area contributed by atoms with Crippen molar-refractivity contribution >= 4 is 10.0 Å². The topological polar surface area (TPSA) is 55.2 Å². The number of hydrogen-bond acceptors (Lipinski definition) is 3. The van der Waals surface area contributed by atoms with Gasteiger partial charge in [0.15, 0.2) is 0 Å². The number of aromatic nitrogens is 2. The molecule has 0 saturated carbocycles. The van der Waals surface area contributed by atoms with E-state index in [0.29, 0.717) is 19.0 Å². The largest absolute Gasteiger partial charge is 0.246 e. The van der Waals surface area contributed by atoms with Crippen molar-refractivity contribution in [2.24, 2.45) is 5.92 Å². The van der Waals surface area contributed by atoms with Crippen molar-refractivity contribution in [2.45, 2.75) is 24.7 Å². The smallest absolute Gasteiger partial charge is 0.240 e. The van der Waals surface area contributed by atoms with E-state index in [0.717, 1.165) is 18.5 Å². The minimum atomic E-state index is -3.42. The van der Waals surface area contributed by atoms with Crippen molar-refractivity contribution in [3.05, 3.63) is 42.7 Å². The summed E-state index contributed by atoms with van der Waals surface area (Å²) >= 11 is 0. The van der Waals surface area contributed by atoms with Gasteiger partial charge in [0, 0.05) is 13.1 Å². The zero-order valence-corrected chi connectivity index (χ0v) is 12.8. The van der Waals surface area contributed by atoms with Crippen LogP contribution in [0, 0.1) is 5.92 Å². The summed E-state index contributed by atoms with van der Waals surface area (Å²) in [6.07, 6.45) is 4.86. The Hall–Kier alpha value is -1.66. The molecule has 0 atom stereocenters. The molecule has 0 radical (unpaired) electrons. The number of benzene rings is 1. The molecule has 1 aromatic heterocycles. The molecular formula is C15H19N3O2S. The maximum absolute atomic E-state index is 12.6. The van der Waals surface area contributed by atoms with Crippen LogP contribution in [0.25, 0.3) is 5.69 Å². The summed E-state index contributed by atoms with van der Waals surface area (Å²) < 4.78 is 28.4. The van der Waals surface area contributed by atoms with E-state index in [1.807, 2.05) is 30.3 Å². The van der Waals surface area contributed by atoms with E-state index in [1.54, 1.807) is 15.2 Å². The second-order valence-electron chi connectivity index (χ2n) is 5.54. The molecule has 5 nitrogen and oxygen atoms in total. The van der Waals surface area contributed by atoms with Gasteiger partial charge in [-0.15, -0.1) is 0 Å². The summed E-state index contributed by atoms with van der Waals surface area (Å²) in [5, 5.41) is 4.17. The van der Waals surface area contributed by atoms with Gasteiger partial charge in [-0.1, -0.05) is 25.1 Å². The fourth-order valence-electron chi connectivity index (χ4n) is 2.54. The molecule has 112 valence electrons. The number of nitrogens with zero attached hydrogens (tertiary/aromatic N) is 3. The van der Waals surface area contributed by atoms with Gasteiger partial charge < -0.3 is 0 Å². The first-order valence-electron chi connectivity index (χ1n) is 7.17. The number of rotatable bonds is 3. The second-order valence-corrected chi connectivity index (χ2v) is 7.48. The molecule has 3 rings (SSSR count). The fraction of sp³-hybridized carbons (Fsp3) is 0.400. The number of para-hydroxylation sites is 1. The van der Waals surface area contributed by atoms with Crippen LogP contribution in [-0.2, 0) is 10.0 Å². The van der Waals surface area contributed by atoms with Gasteiger partial charge in [-0.05, 0) is 30.9 Å². The highest BCUT2D eigenvalue weighted by molar-refractivity contribution is 7.89. The van der Waals surface area contributed by atoms with Crippen molar-refractivity contribution in [2.75, 3.05) is 13.1 Å². The molecule has 0 amide bonds. The Labute approximate surface area is 125 Å². The third kappa shape index (κ3) is 2.87. The van der Waals surface area contributed by atoms with Gasteiger partial charge in [0.05, 0.1) is 18.1 Å². The highest BCUT2D eigenvalue weighted by Crippen LogP contribution is 2.23. The Kier molecular flexibility index (Phi) is 3.82. The minimum absolute atomic E-state index is 0.265. The van der Waals surface area contributed by atoms with Crippen LogP contribution < -0.4 is 0 Å². The highest BCUT2D eigenvalue weighted by atomic mass is 32.2. The first kappa shape index (κ1) is 14.3. The second kappa shape index (κ2) is 5.61. The van der Waals surface area contributed by atoms with Gasteiger partial charge in [0.1, 0.15) is 4.90 Å². The average Bonchev–Trinajstić information content (AvgIpc) is 2.99. The Bertz CT molecular complexity index is 702. The Morgan fingerprint density at radius 1 is 1.14 bits per heavy atom. The lowest BCUT2D eigenvalue weighted by Gasteiger charge is -2.28. The molecule has 21 heavy (non-hydrogen) atoms. The molecule has 0 aliphatic carbocycles. The van der Waals surface area contributed by atoms with Gasteiger partial charge >= 0.3 is 0 Å². The van der Waals surface area contributed by atoms with Crippen molar-refractivity contribution in [3.8, 4) is 5.69 Å². The number of sulfonamides is 1. The van der Waals surface area contributed by atoms with Crippen molar-refractivity contribution in [3.63, 3.8) is 0 Å². The lowest BCUT2D eigenvalue weighted by molar-refractivity contribution is 0.288. The molecule has 1 aliphatic rings. The van der Waals surface area contributed by atoms with Gasteiger partial charge in [0.25, 0.3) is 0 Å². The molecule has 0 bridgehead atoms. The molecular weight excluding hydrogens is 286 g/mol.